The van der Waals surface area contributed by atoms with Gasteiger partial charge in [-0.25, -0.2) is 4.79 Å². The van der Waals surface area contributed by atoms with Crippen LogP contribution in [0, 0.1) is 5.92 Å². The molecule has 0 fully saturated rings. The van der Waals surface area contributed by atoms with Crippen LogP contribution >= 0.6 is 0 Å². The summed E-state index contributed by atoms with van der Waals surface area (Å²) in [6, 6.07) is 7.36. The van der Waals surface area contributed by atoms with E-state index in [1.807, 2.05) is 36.4 Å². The standard InChI is InChI=1S/C18H23N3O4/c1-24-15-6-3-13(4-7-15)17-9-16(25-21-17)10-19-18(23)20-14-5-2-12(8-14)11-22/h2-7,12,14,16,22H,8-11H2,1H3,(H2,19,20,23)/t12-,14+,16-/m0/s1. The van der Waals surface area contributed by atoms with Gasteiger partial charge >= 0.3 is 6.03 Å². The number of oxime groups is 1. The van der Waals surface area contributed by atoms with Crippen molar-refractivity contribution in [2.24, 2.45) is 11.1 Å². The SMILES string of the molecule is COc1ccc(C2=NO[C@H](CNC(=O)N[C@@H]3C=C[C@H](CO)C3)C2)cc1. The summed E-state index contributed by atoms with van der Waals surface area (Å²) >= 11 is 0. The zero-order valence-corrected chi connectivity index (χ0v) is 14.1. The molecule has 1 aliphatic carbocycles. The summed E-state index contributed by atoms with van der Waals surface area (Å²) in [6.45, 7) is 0.493. The molecule has 0 saturated carbocycles. The molecule has 1 aromatic rings. The van der Waals surface area contributed by atoms with Crippen LogP contribution in [0.1, 0.15) is 18.4 Å². The van der Waals surface area contributed by atoms with Crippen molar-refractivity contribution in [2.75, 3.05) is 20.3 Å². The van der Waals surface area contributed by atoms with Gasteiger partial charge in [-0.3, -0.25) is 0 Å². The highest BCUT2D eigenvalue weighted by atomic mass is 16.6. The van der Waals surface area contributed by atoms with Crippen molar-refractivity contribution in [1.82, 2.24) is 10.6 Å². The Labute approximate surface area is 146 Å². The Hall–Kier alpha value is -2.54. The Morgan fingerprint density at radius 2 is 2.16 bits per heavy atom. The van der Waals surface area contributed by atoms with Gasteiger partial charge in [-0.05, 0) is 36.2 Å². The lowest BCUT2D eigenvalue weighted by Crippen LogP contribution is -2.43. The lowest BCUT2D eigenvalue weighted by Gasteiger charge is -2.15. The van der Waals surface area contributed by atoms with Crippen molar-refractivity contribution in [3.05, 3.63) is 42.0 Å². The van der Waals surface area contributed by atoms with Crippen LogP contribution in [-0.4, -0.2) is 49.3 Å². The predicted octanol–water partition coefficient (Wildman–Crippen LogP) is 1.42. The Bertz CT molecular complexity index is 657. The molecule has 0 spiro atoms. The van der Waals surface area contributed by atoms with Crippen molar-refractivity contribution in [3.8, 4) is 5.75 Å². The molecular weight excluding hydrogens is 322 g/mol. The Morgan fingerprint density at radius 1 is 1.36 bits per heavy atom. The molecule has 7 nitrogen and oxygen atoms in total. The molecule has 1 heterocycles. The molecule has 0 bridgehead atoms. The second kappa shape index (κ2) is 8.02. The second-order valence-electron chi connectivity index (χ2n) is 6.22. The third-order valence-corrected chi connectivity index (χ3v) is 4.37. The summed E-state index contributed by atoms with van der Waals surface area (Å²) in [5.41, 5.74) is 1.85. The molecular formula is C18H23N3O4. The number of aliphatic hydroxyl groups is 1. The highest BCUT2D eigenvalue weighted by Gasteiger charge is 2.24. The van der Waals surface area contributed by atoms with Crippen molar-refractivity contribution in [2.45, 2.75) is 25.0 Å². The minimum atomic E-state index is -0.241. The monoisotopic (exact) mass is 345 g/mol. The molecule has 1 aromatic carbocycles. The highest BCUT2D eigenvalue weighted by molar-refractivity contribution is 6.01. The number of benzene rings is 1. The third kappa shape index (κ3) is 4.51. The third-order valence-electron chi connectivity index (χ3n) is 4.37. The van der Waals surface area contributed by atoms with Gasteiger partial charge in [-0.1, -0.05) is 17.3 Å². The number of urea groups is 1. The molecule has 0 saturated heterocycles. The first-order chi connectivity index (χ1) is 12.2. The summed E-state index contributed by atoms with van der Waals surface area (Å²) < 4.78 is 5.14. The molecule has 3 N–H and O–H groups in total. The Kier molecular flexibility index (Phi) is 5.55. The van der Waals surface area contributed by atoms with Crippen molar-refractivity contribution >= 4 is 11.7 Å². The fourth-order valence-corrected chi connectivity index (χ4v) is 2.93. The van der Waals surface area contributed by atoms with Crippen LogP contribution in [0.5, 0.6) is 5.75 Å². The second-order valence-corrected chi connectivity index (χ2v) is 6.22. The number of nitrogens with one attached hydrogen (secondary N) is 2. The van der Waals surface area contributed by atoms with E-state index >= 15 is 0 Å². The van der Waals surface area contributed by atoms with Crippen molar-refractivity contribution in [1.29, 1.82) is 0 Å². The molecule has 2 amide bonds. The van der Waals surface area contributed by atoms with Crippen molar-refractivity contribution in [3.63, 3.8) is 0 Å². The molecule has 1 aliphatic heterocycles. The average molecular weight is 345 g/mol. The van der Waals surface area contributed by atoms with E-state index in [4.69, 9.17) is 14.7 Å². The van der Waals surface area contributed by atoms with E-state index in [0.29, 0.717) is 13.0 Å². The maximum absolute atomic E-state index is 11.9. The van der Waals surface area contributed by atoms with E-state index in [9.17, 15) is 4.79 Å². The van der Waals surface area contributed by atoms with Crippen LogP contribution in [0.25, 0.3) is 0 Å². The first-order valence-corrected chi connectivity index (χ1v) is 8.38. The maximum atomic E-state index is 11.9. The Morgan fingerprint density at radius 3 is 2.84 bits per heavy atom. The number of methoxy groups -OCH3 is 1. The first-order valence-electron chi connectivity index (χ1n) is 8.38. The smallest absolute Gasteiger partial charge is 0.315 e. The molecule has 7 heteroatoms. The molecule has 0 unspecified atom stereocenters. The van der Waals surface area contributed by atoms with Crippen LogP contribution in [0.4, 0.5) is 4.79 Å². The van der Waals surface area contributed by atoms with Gasteiger partial charge in [-0.2, -0.15) is 0 Å². The molecule has 2 aliphatic rings. The van der Waals surface area contributed by atoms with Crippen LogP contribution in [0.2, 0.25) is 0 Å². The normalized spacial score (nSPS) is 24.6. The predicted molar refractivity (Wildman–Crippen MR) is 93.7 cm³/mol. The van der Waals surface area contributed by atoms with Gasteiger partial charge in [0.1, 0.15) is 5.75 Å². The number of hydrogen-bond acceptors (Lipinski definition) is 5. The minimum Gasteiger partial charge on any atom is -0.497 e. The zero-order valence-electron chi connectivity index (χ0n) is 14.1. The lowest BCUT2D eigenvalue weighted by atomic mass is 10.0. The number of rotatable bonds is 6. The van der Waals surface area contributed by atoms with Gasteiger partial charge in [0.15, 0.2) is 6.10 Å². The topological polar surface area (TPSA) is 92.2 Å². The quantitative estimate of drug-likeness (QED) is 0.680. The molecule has 25 heavy (non-hydrogen) atoms. The van der Waals surface area contributed by atoms with E-state index < -0.39 is 0 Å². The Balaban J connectivity index is 1.40. The first kappa shape index (κ1) is 17.3. The number of ether oxygens (including phenoxy) is 1. The number of amides is 2. The van der Waals surface area contributed by atoms with Crippen LogP contribution < -0.4 is 15.4 Å². The van der Waals surface area contributed by atoms with E-state index in [-0.39, 0.29) is 30.7 Å². The van der Waals surface area contributed by atoms with Gasteiger partial charge in [0.25, 0.3) is 0 Å². The highest BCUT2D eigenvalue weighted by Crippen LogP contribution is 2.19. The van der Waals surface area contributed by atoms with Gasteiger partial charge in [0, 0.05) is 25.0 Å². The fraction of sp³-hybridized carbons (Fsp3) is 0.444. The van der Waals surface area contributed by atoms with E-state index in [1.54, 1.807) is 7.11 Å². The summed E-state index contributed by atoms with van der Waals surface area (Å²) in [5, 5.41) is 18.9. The number of carbonyl (C=O) groups excluding carboxylic acids is 1. The maximum Gasteiger partial charge on any atom is 0.315 e. The largest absolute Gasteiger partial charge is 0.497 e. The number of aliphatic hydroxyl groups excluding tert-OH is 1. The molecule has 134 valence electrons. The van der Waals surface area contributed by atoms with Gasteiger partial charge < -0.3 is 25.3 Å². The van der Waals surface area contributed by atoms with Gasteiger partial charge in [0.2, 0.25) is 0 Å². The molecule has 0 aromatic heterocycles. The zero-order chi connectivity index (χ0) is 17.6. The molecule has 3 atom stereocenters. The van der Waals surface area contributed by atoms with Crippen LogP contribution in [0.15, 0.2) is 41.6 Å². The van der Waals surface area contributed by atoms with E-state index in [0.717, 1.165) is 23.4 Å². The summed E-state index contributed by atoms with van der Waals surface area (Å²) in [4.78, 5) is 17.3. The summed E-state index contributed by atoms with van der Waals surface area (Å²) in [7, 11) is 1.63. The fourth-order valence-electron chi connectivity index (χ4n) is 2.93. The number of carbonyl (C=O) groups is 1. The van der Waals surface area contributed by atoms with E-state index in [2.05, 4.69) is 15.8 Å². The van der Waals surface area contributed by atoms with E-state index in [1.165, 1.54) is 0 Å². The summed E-state index contributed by atoms with van der Waals surface area (Å²) in [5.74, 6) is 0.923. The van der Waals surface area contributed by atoms with Crippen molar-refractivity contribution < 1.29 is 19.5 Å². The number of hydrogen-bond donors (Lipinski definition) is 3. The summed E-state index contributed by atoms with van der Waals surface area (Å²) in [6.07, 6.45) is 5.04. The van der Waals surface area contributed by atoms with Gasteiger partial charge in [-0.15, -0.1) is 0 Å². The lowest BCUT2D eigenvalue weighted by molar-refractivity contribution is 0.0864. The van der Waals surface area contributed by atoms with Crippen LogP contribution in [-0.2, 0) is 4.84 Å². The molecule has 0 radical (unpaired) electrons. The molecule has 3 rings (SSSR count). The average Bonchev–Trinajstić information content (AvgIpc) is 3.29. The van der Waals surface area contributed by atoms with Crippen LogP contribution in [0.3, 0.4) is 0 Å². The number of nitrogens with zero attached hydrogens (tertiary/aromatic N) is 1. The minimum absolute atomic E-state index is 0.0345. The van der Waals surface area contributed by atoms with Gasteiger partial charge in [0.05, 0.1) is 19.4 Å².